The Bertz CT molecular complexity index is 1010. The first kappa shape index (κ1) is 19.6. The first-order valence-electron chi connectivity index (χ1n) is 9.35. The molecule has 1 aliphatic carbocycles. The molecule has 3 N–H and O–H groups in total. The van der Waals surface area contributed by atoms with Crippen molar-refractivity contribution in [1.82, 2.24) is 14.9 Å². The number of carbonyl (C=O) groups is 2. The molecule has 2 heterocycles. The molecule has 29 heavy (non-hydrogen) atoms. The predicted octanol–water partition coefficient (Wildman–Crippen LogP) is 0.758. The Kier molecular flexibility index (Phi) is 4.92. The lowest BCUT2D eigenvalue weighted by molar-refractivity contribution is -0.121. The van der Waals surface area contributed by atoms with Crippen LogP contribution in [0.15, 0.2) is 23.1 Å². The van der Waals surface area contributed by atoms with E-state index in [9.17, 15) is 22.4 Å². The maximum Gasteiger partial charge on any atom is 0.336 e. The molecule has 3 aliphatic rings. The number of nitriles is 1. The number of sulfonamides is 1. The van der Waals surface area contributed by atoms with Gasteiger partial charge in [-0.05, 0) is 43.4 Å². The molecule has 0 radical (unpaired) electrons. The zero-order valence-corrected chi connectivity index (χ0v) is 16.2. The second-order valence-electron chi connectivity index (χ2n) is 7.59. The van der Waals surface area contributed by atoms with Gasteiger partial charge in [-0.1, -0.05) is 0 Å². The fourth-order valence-electron chi connectivity index (χ4n) is 4.40. The quantitative estimate of drug-likeness (QED) is 0.660. The first-order chi connectivity index (χ1) is 13.8. The molecule has 9 nitrogen and oxygen atoms in total. The van der Waals surface area contributed by atoms with Gasteiger partial charge in [-0.15, -0.1) is 0 Å². The van der Waals surface area contributed by atoms with Gasteiger partial charge in [0, 0.05) is 18.6 Å². The number of halogens is 1. The normalized spacial score (nSPS) is 29.9. The van der Waals surface area contributed by atoms with Gasteiger partial charge >= 0.3 is 6.03 Å². The molecule has 4 atom stereocenters. The number of piperidine rings is 1. The van der Waals surface area contributed by atoms with E-state index < -0.39 is 34.3 Å². The van der Waals surface area contributed by atoms with Crippen LogP contribution < -0.4 is 16.0 Å². The van der Waals surface area contributed by atoms with Gasteiger partial charge in [-0.3, -0.25) is 4.79 Å². The second-order valence-corrected chi connectivity index (χ2v) is 9.42. The van der Waals surface area contributed by atoms with Crippen molar-refractivity contribution in [3.63, 3.8) is 0 Å². The SMILES string of the molecule is N#CC1CNC2C(CC[C@H]2NC(=O)CN2C(=O)Nc3ccc(F)cc3S2(=O)=O)C1. The average molecular weight is 421 g/mol. The Morgan fingerprint density at radius 2 is 2.17 bits per heavy atom. The van der Waals surface area contributed by atoms with Crippen molar-refractivity contribution in [2.45, 2.75) is 36.2 Å². The number of nitrogens with zero attached hydrogens (tertiary/aromatic N) is 2. The van der Waals surface area contributed by atoms with E-state index in [-0.39, 0.29) is 34.5 Å². The van der Waals surface area contributed by atoms with E-state index in [1.807, 2.05) is 0 Å². The standard InChI is InChI=1S/C18H20FN5O4S/c19-12-2-4-13-15(6-12)29(27,28)24(18(26)23-13)9-16(25)22-14-3-1-11-5-10(7-20)8-21-17(11)14/h2,4,6,10-11,14,17,21H,1,3,5,8-9H2,(H,22,25)(H,23,26)/t10?,11?,14-,17?/m1/s1. The Hall–Kier alpha value is -2.71. The summed E-state index contributed by atoms with van der Waals surface area (Å²) >= 11 is 0. The number of amides is 3. The Labute approximate surface area is 167 Å². The topological polar surface area (TPSA) is 131 Å². The monoisotopic (exact) mass is 421 g/mol. The summed E-state index contributed by atoms with van der Waals surface area (Å²) < 4.78 is 39.3. The molecule has 2 aliphatic heterocycles. The van der Waals surface area contributed by atoms with Crippen molar-refractivity contribution >= 4 is 27.6 Å². The van der Waals surface area contributed by atoms with Crippen molar-refractivity contribution in [3.05, 3.63) is 24.0 Å². The molecule has 3 amide bonds. The summed E-state index contributed by atoms with van der Waals surface area (Å²) in [4.78, 5) is 24.4. The van der Waals surface area contributed by atoms with Gasteiger partial charge in [0.25, 0.3) is 10.0 Å². The van der Waals surface area contributed by atoms with Crippen LogP contribution in [0.2, 0.25) is 0 Å². The van der Waals surface area contributed by atoms with Crippen LogP contribution in [0, 0.1) is 29.0 Å². The van der Waals surface area contributed by atoms with Crippen LogP contribution in [0.3, 0.4) is 0 Å². The highest BCUT2D eigenvalue weighted by Crippen LogP contribution is 2.34. The molecule has 154 valence electrons. The lowest BCUT2D eigenvalue weighted by Gasteiger charge is -2.33. The number of benzene rings is 1. The van der Waals surface area contributed by atoms with E-state index in [1.165, 1.54) is 6.07 Å². The molecule has 3 unspecified atom stereocenters. The highest BCUT2D eigenvalue weighted by molar-refractivity contribution is 7.90. The maximum absolute atomic E-state index is 13.5. The van der Waals surface area contributed by atoms with E-state index in [4.69, 9.17) is 5.26 Å². The Morgan fingerprint density at radius 1 is 1.38 bits per heavy atom. The second kappa shape index (κ2) is 7.27. The Morgan fingerprint density at radius 3 is 2.93 bits per heavy atom. The molecule has 2 fully saturated rings. The summed E-state index contributed by atoms with van der Waals surface area (Å²) in [5.74, 6) is -1.15. The van der Waals surface area contributed by atoms with Crippen molar-refractivity contribution in [1.29, 1.82) is 5.26 Å². The zero-order chi connectivity index (χ0) is 20.8. The molecule has 11 heteroatoms. The maximum atomic E-state index is 13.5. The van der Waals surface area contributed by atoms with Gasteiger partial charge in [-0.25, -0.2) is 21.9 Å². The van der Waals surface area contributed by atoms with Gasteiger partial charge in [0.05, 0.1) is 17.7 Å². The molecule has 1 saturated heterocycles. The summed E-state index contributed by atoms with van der Waals surface area (Å²) in [6.45, 7) is -0.145. The average Bonchev–Trinajstić information content (AvgIpc) is 3.08. The minimum atomic E-state index is -4.35. The lowest BCUT2D eigenvalue weighted by Crippen LogP contribution is -2.55. The van der Waals surface area contributed by atoms with Crippen LogP contribution in [0.25, 0.3) is 0 Å². The number of hydrogen-bond acceptors (Lipinski definition) is 6. The number of urea groups is 1. The van der Waals surface area contributed by atoms with Crippen LogP contribution in [0.1, 0.15) is 19.3 Å². The molecular weight excluding hydrogens is 401 g/mol. The third kappa shape index (κ3) is 3.54. The van der Waals surface area contributed by atoms with Crippen LogP contribution in [-0.2, 0) is 14.8 Å². The summed E-state index contributed by atoms with van der Waals surface area (Å²) in [5, 5.41) is 17.6. The minimum Gasteiger partial charge on any atom is -0.350 e. The van der Waals surface area contributed by atoms with Crippen LogP contribution in [-0.4, -0.2) is 49.8 Å². The molecule has 0 spiro atoms. The third-order valence-corrected chi connectivity index (χ3v) is 7.54. The molecule has 0 bridgehead atoms. The fourth-order valence-corrected chi connectivity index (χ4v) is 5.85. The minimum absolute atomic E-state index is 0.0187. The smallest absolute Gasteiger partial charge is 0.336 e. The molecule has 0 aromatic heterocycles. The molecule has 1 aromatic rings. The molecule has 1 aromatic carbocycles. The van der Waals surface area contributed by atoms with Gasteiger partial charge in [0.1, 0.15) is 17.3 Å². The fraction of sp³-hybridized carbons (Fsp3) is 0.500. The molecule has 4 rings (SSSR count). The Balaban J connectivity index is 1.45. The third-order valence-electron chi connectivity index (χ3n) is 5.77. The van der Waals surface area contributed by atoms with E-state index >= 15 is 0 Å². The zero-order valence-electron chi connectivity index (χ0n) is 15.4. The van der Waals surface area contributed by atoms with Crippen molar-refractivity contribution in [2.75, 3.05) is 18.4 Å². The number of nitrogens with one attached hydrogen (secondary N) is 3. The number of fused-ring (bicyclic) bond motifs is 2. The summed E-state index contributed by atoms with van der Waals surface area (Å²) in [5.41, 5.74) is -0.0230. The molecular formula is C18H20FN5O4S. The summed E-state index contributed by atoms with van der Waals surface area (Å²) in [6, 6.07) is 4.14. The van der Waals surface area contributed by atoms with Gasteiger partial charge < -0.3 is 16.0 Å². The van der Waals surface area contributed by atoms with Gasteiger partial charge in [0.15, 0.2) is 0 Å². The van der Waals surface area contributed by atoms with Crippen LogP contribution in [0.4, 0.5) is 14.9 Å². The van der Waals surface area contributed by atoms with Gasteiger partial charge in [0.2, 0.25) is 5.91 Å². The predicted molar refractivity (Wildman–Crippen MR) is 99.5 cm³/mol. The number of anilines is 1. The van der Waals surface area contributed by atoms with Crippen molar-refractivity contribution in [2.24, 2.45) is 11.8 Å². The number of rotatable bonds is 3. The van der Waals surface area contributed by atoms with Crippen LogP contribution in [0.5, 0.6) is 0 Å². The highest BCUT2D eigenvalue weighted by atomic mass is 32.2. The lowest BCUT2D eigenvalue weighted by atomic mass is 9.86. The highest BCUT2D eigenvalue weighted by Gasteiger charge is 2.42. The summed E-state index contributed by atoms with van der Waals surface area (Å²) in [7, 11) is -4.35. The largest absolute Gasteiger partial charge is 0.350 e. The van der Waals surface area contributed by atoms with E-state index in [1.54, 1.807) is 0 Å². The molecule has 1 saturated carbocycles. The number of carbonyl (C=O) groups excluding carboxylic acids is 2. The van der Waals surface area contributed by atoms with E-state index in [2.05, 4.69) is 22.0 Å². The van der Waals surface area contributed by atoms with Gasteiger partial charge in [-0.2, -0.15) is 5.26 Å². The summed E-state index contributed by atoms with van der Waals surface area (Å²) in [6.07, 6.45) is 2.33. The van der Waals surface area contributed by atoms with Crippen molar-refractivity contribution < 1.29 is 22.4 Å². The first-order valence-corrected chi connectivity index (χ1v) is 10.8. The van der Waals surface area contributed by atoms with E-state index in [0.29, 0.717) is 17.3 Å². The number of hydrogen-bond donors (Lipinski definition) is 3. The van der Waals surface area contributed by atoms with Crippen molar-refractivity contribution in [3.8, 4) is 6.07 Å². The van der Waals surface area contributed by atoms with E-state index in [0.717, 1.165) is 25.0 Å². The van der Waals surface area contributed by atoms with Crippen LogP contribution >= 0.6 is 0 Å².